The third-order valence-electron chi connectivity index (χ3n) is 2.48. The van der Waals surface area contributed by atoms with Gasteiger partial charge in [-0.15, -0.1) is 0 Å². The van der Waals surface area contributed by atoms with E-state index < -0.39 is 0 Å². The van der Waals surface area contributed by atoms with Crippen molar-refractivity contribution < 1.29 is 8.98 Å². The van der Waals surface area contributed by atoms with Crippen LogP contribution in [0.2, 0.25) is 0 Å². The first-order chi connectivity index (χ1) is 7.29. The van der Waals surface area contributed by atoms with Crippen LogP contribution >= 0.6 is 0 Å². The molecule has 0 aliphatic rings. The van der Waals surface area contributed by atoms with Gasteiger partial charge in [0.2, 0.25) is 6.20 Å². The van der Waals surface area contributed by atoms with Crippen LogP contribution in [0.25, 0.3) is 0 Å². The Kier molecular flexibility index (Phi) is 2.86. The largest absolute Gasteiger partial charge is 0.407 e. The number of aromatic nitrogens is 1. The molecule has 2 rings (SSSR count). The van der Waals surface area contributed by atoms with Crippen LogP contribution in [0.1, 0.15) is 24.1 Å². The van der Waals surface area contributed by atoms with E-state index in [0.29, 0.717) is 0 Å². The smallest absolute Gasteiger partial charge is 0.351 e. The lowest BCUT2D eigenvalue weighted by atomic mass is 10.1. The molecule has 0 spiro atoms. The van der Waals surface area contributed by atoms with Crippen molar-refractivity contribution in [3.05, 3.63) is 53.7 Å². The highest BCUT2D eigenvalue weighted by Crippen LogP contribution is 2.08. The molecule has 2 aromatic rings. The van der Waals surface area contributed by atoms with Gasteiger partial charge in [-0.25, -0.2) is 0 Å². The maximum absolute atomic E-state index is 5.67. The molecule has 1 heterocycles. The predicted molar refractivity (Wildman–Crippen MR) is 58.6 cm³/mol. The van der Waals surface area contributed by atoms with Crippen molar-refractivity contribution in [3.63, 3.8) is 0 Å². The zero-order valence-corrected chi connectivity index (χ0v) is 9.23. The zero-order valence-electron chi connectivity index (χ0n) is 9.23. The Morgan fingerprint density at radius 3 is 2.60 bits per heavy atom. The SMILES string of the molecule is CC[n+]1cc(C)oc1Cc1ccccc1. The molecule has 0 aliphatic carbocycles. The molecule has 0 unspecified atom stereocenters. The van der Waals surface area contributed by atoms with E-state index in [1.54, 1.807) is 0 Å². The highest BCUT2D eigenvalue weighted by atomic mass is 16.4. The third-order valence-corrected chi connectivity index (χ3v) is 2.48. The monoisotopic (exact) mass is 202 g/mol. The lowest BCUT2D eigenvalue weighted by Crippen LogP contribution is -2.34. The Morgan fingerprint density at radius 1 is 1.20 bits per heavy atom. The maximum atomic E-state index is 5.67. The first-order valence-corrected chi connectivity index (χ1v) is 5.32. The molecular weight excluding hydrogens is 186 g/mol. The molecular formula is C13H16NO+. The molecule has 0 radical (unpaired) electrons. The Balaban J connectivity index is 2.24. The molecule has 15 heavy (non-hydrogen) atoms. The number of rotatable bonds is 3. The van der Waals surface area contributed by atoms with E-state index in [2.05, 4.69) is 42.0 Å². The van der Waals surface area contributed by atoms with Crippen LogP contribution in [-0.4, -0.2) is 0 Å². The quantitative estimate of drug-likeness (QED) is 0.699. The summed E-state index contributed by atoms with van der Waals surface area (Å²) in [6.07, 6.45) is 2.92. The van der Waals surface area contributed by atoms with Crippen LogP contribution in [0.15, 0.2) is 40.9 Å². The summed E-state index contributed by atoms with van der Waals surface area (Å²) in [6.45, 7) is 5.07. The Labute approximate surface area is 90.2 Å². The number of oxazole rings is 1. The molecule has 0 atom stereocenters. The molecule has 0 N–H and O–H groups in total. The Morgan fingerprint density at radius 2 is 1.93 bits per heavy atom. The molecule has 2 nitrogen and oxygen atoms in total. The second-order valence-corrected chi connectivity index (χ2v) is 3.68. The van der Waals surface area contributed by atoms with Crippen LogP contribution in [-0.2, 0) is 13.0 Å². The highest BCUT2D eigenvalue weighted by Gasteiger charge is 2.15. The average molecular weight is 202 g/mol. The summed E-state index contributed by atoms with van der Waals surface area (Å²) < 4.78 is 7.83. The zero-order chi connectivity index (χ0) is 10.7. The number of benzene rings is 1. The fourth-order valence-corrected chi connectivity index (χ4v) is 1.74. The van der Waals surface area contributed by atoms with Gasteiger partial charge in [0, 0.05) is 6.92 Å². The van der Waals surface area contributed by atoms with Gasteiger partial charge in [-0.1, -0.05) is 30.3 Å². The first kappa shape index (κ1) is 9.97. The minimum Gasteiger partial charge on any atom is -0.407 e. The molecule has 78 valence electrons. The summed E-state index contributed by atoms with van der Waals surface area (Å²) in [7, 11) is 0. The minimum atomic E-state index is 0.864. The van der Waals surface area contributed by atoms with Crippen LogP contribution in [0.4, 0.5) is 0 Å². The van der Waals surface area contributed by atoms with Gasteiger partial charge in [0.05, 0.1) is 6.42 Å². The number of hydrogen-bond donors (Lipinski definition) is 0. The van der Waals surface area contributed by atoms with Gasteiger partial charge in [0.1, 0.15) is 6.54 Å². The van der Waals surface area contributed by atoms with E-state index in [1.165, 1.54) is 5.56 Å². The van der Waals surface area contributed by atoms with E-state index in [9.17, 15) is 0 Å². The average Bonchev–Trinajstić information content (AvgIpc) is 2.60. The van der Waals surface area contributed by atoms with Gasteiger partial charge in [0.25, 0.3) is 0 Å². The summed E-state index contributed by atoms with van der Waals surface area (Å²) in [5.41, 5.74) is 1.29. The molecule has 2 heteroatoms. The molecule has 0 bridgehead atoms. The van der Waals surface area contributed by atoms with Gasteiger partial charge < -0.3 is 4.42 Å². The third kappa shape index (κ3) is 2.27. The summed E-state index contributed by atoms with van der Waals surface area (Å²) >= 11 is 0. The first-order valence-electron chi connectivity index (χ1n) is 5.32. The summed E-state index contributed by atoms with van der Waals surface area (Å²) in [5.74, 6) is 2.00. The lowest BCUT2D eigenvalue weighted by molar-refractivity contribution is -0.703. The standard InChI is InChI=1S/C13H16NO/c1-3-14-10-11(2)15-13(14)9-12-7-5-4-6-8-12/h4-8,10H,3,9H2,1-2H3/q+1. The Bertz CT molecular complexity index is 431. The van der Waals surface area contributed by atoms with Crippen molar-refractivity contribution in [1.82, 2.24) is 0 Å². The molecule has 0 saturated heterocycles. The van der Waals surface area contributed by atoms with Crippen molar-refractivity contribution in [2.75, 3.05) is 0 Å². The molecule has 0 saturated carbocycles. The van der Waals surface area contributed by atoms with Crippen molar-refractivity contribution in [3.8, 4) is 0 Å². The van der Waals surface area contributed by atoms with Crippen molar-refractivity contribution in [1.29, 1.82) is 0 Å². The van der Waals surface area contributed by atoms with Crippen molar-refractivity contribution in [2.45, 2.75) is 26.8 Å². The number of nitrogens with zero attached hydrogens (tertiary/aromatic N) is 1. The second kappa shape index (κ2) is 4.30. The van der Waals surface area contributed by atoms with Gasteiger partial charge in [-0.2, -0.15) is 4.57 Å². The van der Waals surface area contributed by atoms with E-state index in [-0.39, 0.29) is 0 Å². The molecule has 0 amide bonds. The van der Waals surface area contributed by atoms with Gasteiger partial charge >= 0.3 is 5.89 Å². The molecule has 1 aromatic carbocycles. The van der Waals surface area contributed by atoms with Crippen LogP contribution in [0.5, 0.6) is 0 Å². The van der Waals surface area contributed by atoms with Gasteiger partial charge in [-0.05, 0) is 12.5 Å². The number of aryl methyl sites for hydroxylation is 2. The van der Waals surface area contributed by atoms with E-state index in [0.717, 1.165) is 24.6 Å². The van der Waals surface area contributed by atoms with E-state index in [4.69, 9.17) is 4.42 Å². The molecule has 1 aromatic heterocycles. The number of hydrogen-bond acceptors (Lipinski definition) is 1. The van der Waals surface area contributed by atoms with Crippen LogP contribution in [0.3, 0.4) is 0 Å². The van der Waals surface area contributed by atoms with Crippen molar-refractivity contribution >= 4 is 0 Å². The van der Waals surface area contributed by atoms with E-state index in [1.807, 2.05) is 13.0 Å². The van der Waals surface area contributed by atoms with Crippen LogP contribution in [0, 0.1) is 6.92 Å². The molecule has 0 fully saturated rings. The summed E-state index contributed by atoms with van der Waals surface area (Å²) in [5, 5.41) is 0. The minimum absolute atomic E-state index is 0.864. The highest BCUT2D eigenvalue weighted by molar-refractivity contribution is 5.17. The van der Waals surface area contributed by atoms with Crippen LogP contribution < -0.4 is 4.57 Å². The Hall–Kier alpha value is -1.57. The van der Waals surface area contributed by atoms with Gasteiger partial charge in [0.15, 0.2) is 5.76 Å². The summed E-state index contributed by atoms with van der Waals surface area (Å²) in [6, 6.07) is 10.4. The fraction of sp³-hybridized carbons (Fsp3) is 0.308. The summed E-state index contributed by atoms with van der Waals surface area (Å²) in [4.78, 5) is 0. The normalized spacial score (nSPS) is 10.5. The maximum Gasteiger partial charge on any atom is 0.351 e. The van der Waals surface area contributed by atoms with E-state index >= 15 is 0 Å². The van der Waals surface area contributed by atoms with Crippen molar-refractivity contribution in [2.24, 2.45) is 0 Å². The lowest BCUT2D eigenvalue weighted by Gasteiger charge is -1.95. The topological polar surface area (TPSA) is 17.0 Å². The molecule has 0 aliphatic heterocycles. The fourth-order valence-electron chi connectivity index (χ4n) is 1.74. The predicted octanol–water partition coefficient (Wildman–Crippen LogP) is 2.49. The van der Waals surface area contributed by atoms with Gasteiger partial charge in [-0.3, -0.25) is 0 Å². The second-order valence-electron chi connectivity index (χ2n) is 3.68.